The van der Waals surface area contributed by atoms with Gasteiger partial charge in [0, 0.05) is 38.2 Å². The third kappa shape index (κ3) is 5.64. The molecule has 0 saturated heterocycles. The summed E-state index contributed by atoms with van der Waals surface area (Å²) < 4.78 is 0. The Morgan fingerprint density at radius 2 is 1.81 bits per heavy atom. The normalized spacial score (nSPS) is 10.0. The molecule has 2 amide bonds. The zero-order valence-corrected chi connectivity index (χ0v) is 12.3. The van der Waals surface area contributed by atoms with Crippen molar-refractivity contribution in [3.8, 4) is 0 Å². The first-order chi connectivity index (χ1) is 9.91. The van der Waals surface area contributed by atoms with Crippen molar-refractivity contribution in [3.05, 3.63) is 35.4 Å². The number of carboxylic acid groups (broad SMARTS) is 1. The molecule has 6 nitrogen and oxygen atoms in total. The van der Waals surface area contributed by atoms with Crippen molar-refractivity contribution in [2.24, 2.45) is 0 Å². The second-order valence-electron chi connectivity index (χ2n) is 4.89. The Bertz CT molecular complexity index is 526. The van der Waals surface area contributed by atoms with Crippen LogP contribution in [0.5, 0.6) is 0 Å². The SMILES string of the molecule is CN(C)C(=O)c1cccc(C(=O)NCCCCC(=O)O)c1. The highest BCUT2D eigenvalue weighted by Gasteiger charge is 2.11. The summed E-state index contributed by atoms with van der Waals surface area (Å²) in [5, 5.41) is 11.2. The molecule has 0 aliphatic rings. The summed E-state index contributed by atoms with van der Waals surface area (Å²) in [6.45, 7) is 0.415. The van der Waals surface area contributed by atoms with Gasteiger partial charge in [-0.25, -0.2) is 0 Å². The van der Waals surface area contributed by atoms with E-state index in [1.807, 2.05) is 0 Å². The molecule has 0 atom stereocenters. The Kier molecular flexibility index (Phi) is 6.39. The quantitative estimate of drug-likeness (QED) is 0.743. The number of nitrogens with one attached hydrogen (secondary N) is 1. The molecule has 0 radical (unpaired) electrons. The largest absolute Gasteiger partial charge is 0.481 e. The summed E-state index contributed by atoms with van der Waals surface area (Å²) in [7, 11) is 3.30. The highest BCUT2D eigenvalue weighted by molar-refractivity contribution is 5.99. The number of amides is 2. The van der Waals surface area contributed by atoms with Gasteiger partial charge in [-0.2, -0.15) is 0 Å². The van der Waals surface area contributed by atoms with Gasteiger partial charge in [0.15, 0.2) is 0 Å². The Hall–Kier alpha value is -2.37. The second-order valence-corrected chi connectivity index (χ2v) is 4.89. The van der Waals surface area contributed by atoms with Crippen molar-refractivity contribution in [1.29, 1.82) is 0 Å². The molecule has 0 aromatic heterocycles. The molecule has 21 heavy (non-hydrogen) atoms. The third-order valence-electron chi connectivity index (χ3n) is 2.88. The Labute approximate surface area is 123 Å². The van der Waals surface area contributed by atoms with Crippen molar-refractivity contribution < 1.29 is 19.5 Å². The van der Waals surface area contributed by atoms with Crippen LogP contribution >= 0.6 is 0 Å². The van der Waals surface area contributed by atoms with E-state index < -0.39 is 5.97 Å². The number of carbonyl (C=O) groups is 3. The molecule has 1 aromatic rings. The maximum Gasteiger partial charge on any atom is 0.303 e. The van der Waals surface area contributed by atoms with Crippen molar-refractivity contribution >= 4 is 17.8 Å². The maximum atomic E-state index is 11.9. The van der Waals surface area contributed by atoms with E-state index >= 15 is 0 Å². The van der Waals surface area contributed by atoms with Gasteiger partial charge in [-0.1, -0.05) is 6.07 Å². The lowest BCUT2D eigenvalue weighted by atomic mass is 10.1. The van der Waals surface area contributed by atoms with E-state index in [2.05, 4.69) is 5.32 Å². The number of rotatable bonds is 7. The van der Waals surface area contributed by atoms with E-state index in [1.165, 1.54) is 4.90 Å². The van der Waals surface area contributed by atoms with Crippen LogP contribution in [0.15, 0.2) is 24.3 Å². The number of hydrogen-bond donors (Lipinski definition) is 2. The van der Waals surface area contributed by atoms with Crippen LogP contribution in [0.4, 0.5) is 0 Å². The minimum absolute atomic E-state index is 0.0999. The molecule has 1 rings (SSSR count). The summed E-state index contributed by atoms with van der Waals surface area (Å²) in [5.41, 5.74) is 0.875. The lowest BCUT2D eigenvalue weighted by Gasteiger charge is -2.11. The van der Waals surface area contributed by atoms with E-state index in [0.29, 0.717) is 30.5 Å². The van der Waals surface area contributed by atoms with Gasteiger partial charge in [0.1, 0.15) is 0 Å². The number of unbranched alkanes of at least 4 members (excludes halogenated alkanes) is 1. The Morgan fingerprint density at radius 1 is 1.14 bits per heavy atom. The van der Waals surface area contributed by atoms with Gasteiger partial charge in [-0.3, -0.25) is 14.4 Å². The molecule has 0 bridgehead atoms. The van der Waals surface area contributed by atoms with E-state index in [4.69, 9.17) is 5.11 Å². The third-order valence-corrected chi connectivity index (χ3v) is 2.88. The Balaban J connectivity index is 2.53. The van der Waals surface area contributed by atoms with Gasteiger partial charge >= 0.3 is 5.97 Å². The van der Waals surface area contributed by atoms with Gasteiger partial charge in [-0.05, 0) is 31.0 Å². The fourth-order valence-electron chi connectivity index (χ4n) is 1.76. The predicted octanol–water partition coefficient (Wildman–Crippen LogP) is 1.37. The number of hydrogen-bond acceptors (Lipinski definition) is 3. The van der Waals surface area contributed by atoms with Gasteiger partial charge in [0.2, 0.25) is 0 Å². The number of carboxylic acids is 1. The van der Waals surface area contributed by atoms with Crippen LogP contribution in [0.25, 0.3) is 0 Å². The summed E-state index contributed by atoms with van der Waals surface area (Å²) >= 11 is 0. The molecule has 0 aliphatic heterocycles. The Morgan fingerprint density at radius 3 is 2.43 bits per heavy atom. The number of benzene rings is 1. The van der Waals surface area contributed by atoms with Crippen LogP contribution in [-0.2, 0) is 4.79 Å². The summed E-state index contributed by atoms with van der Waals surface area (Å²) in [4.78, 5) is 35.6. The molecule has 114 valence electrons. The van der Waals surface area contributed by atoms with Gasteiger partial charge in [0.05, 0.1) is 0 Å². The van der Waals surface area contributed by atoms with Crippen LogP contribution in [-0.4, -0.2) is 48.4 Å². The average Bonchev–Trinajstić information content (AvgIpc) is 2.45. The summed E-state index contributed by atoms with van der Waals surface area (Å²) in [6, 6.07) is 6.51. The maximum absolute atomic E-state index is 11.9. The standard InChI is InChI=1S/C15H20N2O4/c1-17(2)15(21)12-7-5-6-11(10-12)14(20)16-9-4-3-8-13(18)19/h5-7,10H,3-4,8-9H2,1-2H3,(H,16,20)(H,18,19). The number of nitrogens with zero attached hydrogens (tertiary/aromatic N) is 1. The number of aliphatic carboxylic acids is 1. The fourth-order valence-corrected chi connectivity index (χ4v) is 1.76. The monoisotopic (exact) mass is 292 g/mol. The molecule has 0 heterocycles. The first kappa shape index (κ1) is 16.7. The molecule has 1 aromatic carbocycles. The minimum Gasteiger partial charge on any atom is -0.481 e. The van der Waals surface area contributed by atoms with Gasteiger partial charge in [-0.15, -0.1) is 0 Å². The van der Waals surface area contributed by atoms with Crippen molar-refractivity contribution in [2.45, 2.75) is 19.3 Å². The zero-order chi connectivity index (χ0) is 15.8. The minimum atomic E-state index is -0.837. The first-order valence-electron chi connectivity index (χ1n) is 6.73. The second kappa shape index (κ2) is 8.04. The molecular weight excluding hydrogens is 272 g/mol. The van der Waals surface area contributed by atoms with Crippen molar-refractivity contribution in [2.75, 3.05) is 20.6 Å². The molecule has 0 fully saturated rings. The molecule has 0 saturated carbocycles. The summed E-state index contributed by atoms with van der Waals surface area (Å²) in [5.74, 6) is -1.26. The van der Waals surface area contributed by atoms with Crippen molar-refractivity contribution in [3.63, 3.8) is 0 Å². The van der Waals surface area contributed by atoms with Crippen LogP contribution in [0.3, 0.4) is 0 Å². The van der Waals surface area contributed by atoms with E-state index in [-0.39, 0.29) is 18.2 Å². The smallest absolute Gasteiger partial charge is 0.303 e. The number of carbonyl (C=O) groups excluding carboxylic acids is 2. The average molecular weight is 292 g/mol. The molecular formula is C15H20N2O4. The fraction of sp³-hybridized carbons (Fsp3) is 0.400. The van der Waals surface area contributed by atoms with E-state index in [0.717, 1.165) is 0 Å². The molecule has 6 heteroatoms. The molecule has 2 N–H and O–H groups in total. The highest BCUT2D eigenvalue weighted by atomic mass is 16.4. The zero-order valence-electron chi connectivity index (χ0n) is 12.3. The van der Waals surface area contributed by atoms with E-state index in [9.17, 15) is 14.4 Å². The van der Waals surface area contributed by atoms with Gasteiger partial charge in [0.25, 0.3) is 11.8 Å². The van der Waals surface area contributed by atoms with Crippen LogP contribution in [0, 0.1) is 0 Å². The van der Waals surface area contributed by atoms with Gasteiger partial charge < -0.3 is 15.3 Å². The lowest BCUT2D eigenvalue weighted by molar-refractivity contribution is -0.137. The molecule has 0 spiro atoms. The lowest BCUT2D eigenvalue weighted by Crippen LogP contribution is -2.26. The van der Waals surface area contributed by atoms with Crippen LogP contribution in [0.2, 0.25) is 0 Å². The topological polar surface area (TPSA) is 86.7 Å². The summed E-state index contributed by atoms with van der Waals surface area (Å²) in [6.07, 6.45) is 1.23. The molecule has 0 unspecified atom stereocenters. The first-order valence-corrected chi connectivity index (χ1v) is 6.73. The van der Waals surface area contributed by atoms with Crippen LogP contribution in [0.1, 0.15) is 40.0 Å². The highest BCUT2D eigenvalue weighted by Crippen LogP contribution is 2.07. The van der Waals surface area contributed by atoms with Crippen molar-refractivity contribution in [1.82, 2.24) is 10.2 Å². The predicted molar refractivity (Wildman–Crippen MR) is 78.3 cm³/mol. The van der Waals surface area contributed by atoms with E-state index in [1.54, 1.807) is 38.4 Å². The van der Waals surface area contributed by atoms with Crippen LogP contribution < -0.4 is 5.32 Å². The molecule has 0 aliphatic carbocycles.